The minimum Gasteiger partial charge on any atom is -0.377 e. The zero-order valence-electron chi connectivity index (χ0n) is 18.0. The van der Waals surface area contributed by atoms with Crippen molar-refractivity contribution in [2.24, 2.45) is 11.8 Å². The van der Waals surface area contributed by atoms with Crippen molar-refractivity contribution in [2.45, 2.75) is 83.3 Å². The van der Waals surface area contributed by atoms with Gasteiger partial charge in [-0.1, -0.05) is 32.1 Å². The molecule has 2 fully saturated rings. The van der Waals surface area contributed by atoms with E-state index in [2.05, 4.69) is 10.6 Å². The van der Waals surface area contributed by atoms with Crippen LogP contribution in [0, 0.1) is 11.8 Å². The van der Waals surface area contributed by atoms with E-state index in [4.69, 9.17) is 4.74 Å². The van der Waals surface area contributed by atoms with Gasteiger partial charge in [0, 0.05) is 20.1 Å². The summed E-state index contributed by atoms with van der Waals surface area (Å²) in [4.78, 5) is 14.4. The summed E-state index contributed by atoms with van der Waals surface area (Å²) in [5.74, 6) is 1.72. The highest BCUT2D eigenvalue weighted by Crippen LogP contribution is 2.34. The first kappa shape index (κ1) is 22.6. The third kappa shape index (κ3) is 8.49. The van der Waals surface area contributed by atoms with E-state index in [0.717, 1.165) is 44.5 Å². The average Bonchev–Trinajstić information content (AvgIpc) is 3.51. The van der Waals surface area contributed by atoms with Gasteiger partial charge in [0.2, 0.25) is 5.91 Å². The van der Waals surface area contributed by atoms with E-state index in [0.29, 0.717) is 6.10 Å². The third-order valence-corrected chi connectivity index (χ3v) is 6.33. The molecule has 0 spiro atoms. The second-order valence-electron chi connectivity index (χ2n) is 8.59. The SMILES string of the molecule is CCN(C)C(=O)C(CC1CC1)NCCOC1CCCCC1CCCCNC. The molecule has 5 nitrogen and oxygen atoms in total. The Kier molecular flexibility index (Phi) is 10.7. The van der Waals surface area contributed by atoms with Crippen molar-refractivity contribution in [2.75, 3.05) is 40.3 Å². The van der Waals surface area contributed by atoms with Crippen molar-refractivity contribution in [3.8, 4) is 0 Å². The second-order valence-corrected chi connectivity index (χ2v) is 8.59. The molecule has 0 radical (unpaired) electrons. The van der Waals surface area contributed by atoms with Crippen LogP contribution in [0.5, 0.6) is 0 Å². The van der Waals surface area contributed by atoms with Crippen LogP contribution in [0.25, 0.3) is 0 Å². The summed E-state index contributed by atoms with van der Waals surface area (Å²) >= 11 is 0. The number of ether oxygens (including phenoxy) is 1. The Balaban J connectivity index is 1.69. The molecular weight excluding hydrogens is 338 g/mol. The molecule has 2 saturated carbocycles. The zero-order valence-corrected chi connectivity index (χ0v) is 18.0. The molecule has 3 unspecified atom stereocenters. The van der Waals surface area contributed by atoms with E-state index < -0.39 is 0 Å². The fraction of sp³-hybridized carbons (Fsp3) is 0.955. The van der Waals surface area contributed by atoms with Crippen LogP contribution in [0.3, 0.4) is 0 Å². The van der Waals surface area contributed by atoms with E-state index in [1.165, 1.54) is 57.8 Å². The Morgan fingerprint density at radius 1 is 1.15 bits per heavy atom. The number of amides is 1. The summed E-state index contributed by atoms with van der Waals surface area (Å²) in [6.45, 7) is 5.43. The van der Waals surface area contributed by atoms with Crippen molar-refractivity contribution >= 4 is 5.91 Å². The molecule has 5 heteroatoms. The van der Waals surface area contributed by atoms with Crippen molar-refractivity contribution in [3.05, 3.63) is 0 Å². The van der Waals surface area contributed by atoms with Gasteiger partial charge in [-0.25, -0.2) is 0 Å². The van der Waals surface area contributed by atoms with Crippen LogP contribution in [-0.2, 0) is 9.53 Å². The maximum atomic E-state index is 12.6. The van der Waals surface area contributed by atoms with Crippen molar-refractivity contribution in [1.82, 2.24) is 15.5 Å². The first-order valence-electron chi connectivity index (χ1n) is 11.4. The minimum absolute atomic E-state index is 0.0326. The maximum absolute atomic E-state index is 12.6. The van der Waals surface area contributed by atoms with Crippen LogP contribution in [0.2, 0.25) is 0 Å². The standard InChI is InChI=1S/C22H43N3O2/c1-4-25(3)22(26)20(17-18-12-13-18)24-15-16-27-21-11-6-5-9-19(21)10-7-8-14-23-2/h18-21,23-24H,4-17H2,1-3H3. The molecule has 27 heavy (non-hydrogen) atoms. The van der Waals surface area contributed by atoms with Crippen LogP contribution in [0.15, 0.2) is 0 Å². The van der Waals surface area contributed by atoms with Gasteiger partial charge in [0.05, 0.1) is 18.8 Å². The molecule has 0 bridgehead atoms. The van der Waals surface area contributed by atoms with Crippen LogP contribution in [0.4, 0.5) is 0 Å². The molecule has 2 aliphatic rings. The van der Waals surface area contributed by atoms with E-state index in [-0.39, 0.29) is 11.9 Å². The molecular formula is C22H43N3O2. The predicted molar refractivity (Wildman–Crippen MR) is 112 cm³/mol. The van der Waals surface area contributed by atoms with E-state index in [9.17, 15) is 4.79 Å². The molecule has 3 atom stereocenters. The molecule has 158 valence electrons. The number of carbonyl (C=O) groups is 1. The maximum Gasteiger partial charge on any atom is 0.239 e. The zero-order chi connectivity index (χ0) is 19.5. The number of nitrogens with one attached hydrogen (secondary N) is 2. The molecule has 0 aliphatic heterocycles. The van der Waals surface area contributed by atoms with Crippen LogP contribution >= 0.6 is 0 Å². The highest BCUT2D eigenvalue weighted by Gasteiger charge is 2.30. The summed E-state index contributed by atoms with van der Waals surface area (Å²) in [5, 5.41) is 6.73. The smallest absolute Gasteiger partial charge is 0.239 e. The molecule has 0 saturated heterocycles. The number of carbonyl (C=O) groups excluding carboxylic acids is 1. The van der Waals surface area contributed by atoms with Crippen LogP contribution in [-0.4, -0.2) is 63.3 Å². The van der Waals surface area contributed by atoms with Gasteiger partial charge in [0.15, 0.2) is 0 Å². The molecule has 0 aromatic heterocycles. The summed E-state index contributed by atoms with van der Waals surface area (Å²) < 4.78 is 6.29. The number of hydrogen-bond donors (Lipinski definition) is 2. The Bertz CT molecular complexity index is 414. The van der Waals surface area contributed by atoms with Gasteiger partial charge >= 0.3 is 0 Å². The molecule has 0 heterocycles. The Hall–Kier alpha value is -0.650. The lowest BCUT2D eigenvalue weighted by Gasteiger charge is -2.32. The molecule has 0 aromatic carbocycles. The summed E-state index contributed by atoms with van der Waals surface area (Å²) in [6.07, 6.45) is 13.0. The van der Waals surface area contributed by atoms with Gasteiger partial charge < -0.3 is 20.3 Å². The largest absolute Gasteiger partial charge is 0.377 e. The molecule has 2 aliphatic carbocycles. The minimum atomic E-state index is -0.0326. The number of unbranched alkanes of at least 4 members (excludes halogenated alkanes) is 1. The normalized spacial score (nSPS) is 24.0. The molecule has 2 rings (SSSR count). The number of rotatable bonds is 14. The second kappa shape index (κ2) is 12.7. The first-order chi connectivity index (χ1) is 13.2. The fourth-order valence-corrected chi connectivity index (χ4v) is 4.26. The number of nitrogens with zero attached hydrogens (tertiary/aromatic N) is 1. The Morgan fingerprint density at radius 2 is 1.93 bits per heavy atom. The fourth-order valence-electron chi connectivity index (χ4n) is 4.26. The lowest BCUT2D eigenvalue weighted by Crippen LogP contribution is -2.46. The molecule has 2 N–H and O–H groups in total. The highest BCUT2D eigenvalue weighted by atomic mass is 16.5. The van der Waals surface area contributed by atoms with Gasteiger partial charge in [0.25, 0.3) is 0 Å². The quantitative estimate of drug-likeness (QED) is 0.454. The Labute approximate surface area is 167 Å². The van der Waals surface area contributed by atoms with E-state index >= 15 is 0 Å². The van der Waals surface area contributed by atoms with E-state index in [1.54, 1.807) is 0 Å². The van der Waals surface area contributed by atoms with Crippen LogP contribution in [0.1, 0.15) is 71.1 Å². The Morgan fingerprint density at radius 3 is 2.63 bits per heavy atom. The lowest BCUT2D eigenvalue weighted by atomic mass is 9.83. The number of hydrogen-bond acceptors (Lipinski definition) is 4. The molecule has 1 amide bonds. The third-order valence-electron chi connectivity index (χ3n) is 6.33. The highest BCUT2D eigenvalue weighted by molar-refractivity contribution is 5.81. The van der Waals surface area contributed by atoms with Gasteiger partial charge in [0.1, 0.15) is 0 Å². The molecule has 0 aromatic rings. The van der Waals surface area contributed by atoms with Gasteiger partial charge in [-0.05, 0) is 64.5 Å². The lowest BCUT2D eigenvalue weighted by molar-refractivity contribution is -0.132. The van der Waals surface area contributed by atoms with E-state index in [1.807, 2.05) is 25.9 Å². The predicted octanol–water partition coefficient (Wildman–Crippen LogP) is 3.19. The number of likely N-dealkylation sites (N-methyl/N-ethyl adjacent to an activating group) is 1. The van der Waals surface area contributed by atoms with Crippen molar-refractivity contribution < 1.29 is 9.53 Å². The summed E-state index contributed by atoms with van der Waals surface area (Å²) in [7, 11) is 3.93. The van der Waals surface area contributed by atoms with Crippen LogP contribution < -0.4 is 10.6 Å². The summed E-state index contributed by atoms with van der Waals surface area (Å²) in [5.41, 5.74) is 0. The topological polar surface area (TPSA) is 53.6 Å². The summed E-state index contributed by atoms with van der Waals surface area (Å²) in [6, 6.07) is -0.0326. The van der Waals surface area contributed by atoms with Crippen molar-refractivity contribution in [3.63, 3.8) is 0 Å². The van der Waals surface area contributed by atoms with Gasteiger partial charge in [-0.3, -0.25) is 4.79 Å². The van der Waals surface area contributed by atoms with Gasteiger partial charge in [-0.2, -0.15) is 0 Å². The first-order valence-corrected chi connectivity index (χ1v) is 11.4. The van der Waals surface area contributed by atoms with Gasteiger partial charge in [-0.15, -0.1) is 0 Å². The van der Waals surface area contributed by atoms with Crippen molar-refractivity contribution in [1.29, 1.82) is 0 Å². The average molecular weight is 382 g/mol. The monoisotopic (exact) mass is 381 g/mol.